The lowest BCUT2D eigenvalue weighted by molar-refractivity contribution is -0.144. The number of rotatable bonds is 16. The summed E-state index contributed by atoms with van der Waals surface area (Å²) in [6.07, 6.45) is 6.83. The number of nitrogens with zero attached hydrogens (tertiary/aromatic N) is 3. The van der Waals surface area contributed by atoms with Gasteiger partial charge in [-0.15, -0.1) is 0 Å². The normalized spacial score (nSPS) is 21.1. The first-order chi connectivity index (χ1) is 18.6. The standard InChI is InChI=1S/C31H51N3O5/c1-7-9-16-33(17-11-10-15-32(5)6)28(35)21-34-20-24(23-12-13-26-27(18-23)39-22-38-26)29(30(36)37)25(34)19-31(3,4)14-8-2/h12-13,18,24-25,29H,7-11,14-17,19-22H2,1-6H3,(H,36,37). The molecule has 0 saturated carbocycles. The molecule has 2 aliphatic heterocycles. The van der Waals surface area contributed by atoms with E-state index in [-0.39, 0.29) is 36.6 Å². The Morgan fingerprint density at radius 3 is 2.38 bits per heavy atom. The van der Waals surface area contributed by atoms with Crippen LogP contribution in [0.2, 0.25) is 0 Å². The van der Waals surface area contributed by atoms with Crippen molar-refractivity contribution in [1.82, 2.24) is 14.7 Å². The number of carbonyl (C=O) groups excluding carboxylic acids is 1. The lowest BCUT2D eigenvalue weighted by Crippen LogP contribution is -2.46. The quantitative estimate of drug-likeness (QED) is 0.290. The number of unbranched alkanes of at least 4 members (excludes halogenated alkanes) is 2. The maximum Gasteiger partial charge on any atom is 0.308 e. The second kappa shape index (κ2) is 14.4. The van der Waals surface area contributed by atoms with Crippen LogP contribution in [0.1, 0.15) is 84.1 Å². The van der Waals surface area contributed by atoms with Gasteiger partial charge in [-0.2, -0.15) is 0 Å². The van der Waals surface area contributed by atoms with Crippen molar-refractivity contribution in [3.05, 3.63) is 23.8 Å². The van der Waals surface area contributed by atoms with Crippen LogP contribution in [0.4, 0.5) is 0 Å². The van der Waals surface area contributed by atoms with E-state index in [1.165, 1.54) is 0 Å². The number of likely N-dealkylation sites (tertiary alicyclic amines) is 1. The summed E-state index contributed by atoms with van der Waals surface area (Å²) in [5.74, 6) is -0.150. The first-order valence-electron chi connectivity index (χ1n) is 14.8. The number of carboxylic acids is 1. The second-order valence-corrected chi connectivity index (χ2v) is 12.4. The molecule has 2 heterocycles. The SMILES string of the molecule is CCCCN(CCCCN(C)C)C(=O)CN1CC(c2ccc3c(c2)OCO3)C(C(=O)O)C1CC(C)(C)CCC. The highest BCUT2D eigenvalue weighted by Gasteiger charge is 2.48. The maximum absolute atomic E-state index is 13.7. The molecule has 3 rings (SSSR count). The first-order valence-corrected chi connectivity index (χ1v) is 14.8. The highest BCUT2D eigenvalue weighted by molar-refractivity contribution is 5.79. The summed E-state index contributed by atoms with van der Waals surface area (Å²) in [4.78, 5) is 32.9. The Kier molecular flexibility index (Phi) is 11.5. The summed E-state index contributed by atoms with van der Waals surface area (Å²) in [5.41, 5.74) is 0.915. The monoisotopic (exact) mass is 545 g/mol. The molecule has 39 heavy (non-hydrogen) atoms. The minimum atomic E-state index is -0.795. The molecule has 1 amide bonds. The summed E-state index contributed by atoms with van der Waals surface area (Å²) in [6, 6.07) is 5.55. The molecule has 1 fully saturated rings. The number of hydrogen-bond acceptors (Lipinski definition) is 6. The third-order valence-electron chi connectivity index (χ3n) is 8.30. The minimum Gasteiger partial charge on any atom is -0.481 e. The van der Waals surface area contributed by atoms with E-state index in [0.29, 0.717) is 18.0 Å². The van der Waals surface area contributed by atoms with Gasteiger partial charge in [-0.05, 0) is 75.9 Å². The van der Waals surface area contributed by atoms with Crippen LogP contribution in [0.3, 0.4) is 0 Å². The summed E-state index contributed by atoms with van der Waals surface area (Å²) >= 11 is 0. The van der Waals surface area contributed by atoms with Crippen LogP contribution in [0.25, 0.3) is 0 Å². The number of ether oxygens (including phenoxy) is 2. The zero-order chi connectivity index (χ0) is 28.6. The largest absolute Gasteiger partial charge is 0.481 e. The molecule has 8 heteroatoms. The first kappa shape index (κ1) is 31.2. The smallest absolute Gasteiger partial charge is 0.308 e. The van der Waals surface area contributed by atoms with E-state index in [1.807, 2.05) is 23.1 Å². The number of amides is 1. The van der Waals surface area contributed by atoms with Crippen LogP contribution in [-0.4, -0.2) is 91.3 Å². The van der Waals surface area contributed by atoms with Crippen molar-refractivity contribution in [2.75, 3.05) is 53.6 Å². The number of aliphatic carboxylic acids is 1. The van der Waals surface area contributed by atoms with Crippen LogP contribution in [0.5, 0.6) is 11.5 Å². The fourth-order valence-corrected chi connectivity index (χ4v) is 6.29. The van der Waals surface area contributed by atoms with Gasteiger partial charge >= 0.3 is 5.97 Å². The number of fused-ring (bicyclic) bond motifs is 1. The van der Waals surface area contributed by atoms with Crippen molar-refractivity contribution in [3.63, 3.8) is 0 Å². The minimum absolute atomic E-state index is 0.0216. The summed E-state index contributed by atoms with van der Waals surface area (Å²) in [6.45, 7) is 12.3. The van der Waals surface area contributed by atoms with E-state index in [1.54, 1.807) is 0 Å². The van der Waals surface area contributed by atoms with E-state index in [4.69, 9.17) is 9.47 Å². The number of carboxylic acid groups (broad SMARTS) is 1. The van der Waals surface area contributed by atoms with Crippen molar-refractivity contribution < 1.29 is 24.2 Å². The summed E-state index contributed by atoms with van der Waals surface area (Å²) in [5, 5.41) is 10.5. The van der Waals surface area contributed by atoms with Gasteiger partial charge in [0.1, 0.15) is 0 Å². The van der Waals surface area contributed by atoms with Gasteiger partial charge in [-0.1, -0.05) is 46.6 Å². The van der Waals surface area contributed by atoms with E-state index in [2.05, 4.69) is 51.6 Å². The van der Waals surface area contributed by atoms with Gasteiger partial charge in [0.15, 0.2) is 11.5 Å². The van der Waals surface area contributed by atoms with Crippen LogP contribution in [-0.2, 0) is 9.59 Å². The van der Waals surface area contributed by atoms with Crippen molar-refractivity contribution in [3.8, 4) is 11.5 Å². The molecule has 1 N–H and O–H groups in total. The summed E-state index contributed by atoms with van der Waals surface area (Å²) in [7, 11) is 4.14. The van der Waals surface area contributed by atoms with Crippen LogP contribution < -0.4 is 9.47 Å². The summed E-state index contributed by atoms with van der Waals surface area (Å²) < 4.78 is 11.1. The van der Waals surface area contributed by atoms with Gasteiger partial charge in [-0.25, -0.2) is 0 Å². The van der Waals surface area contributed by atoms with Crippen LogP contribution >= 0.6 is 0 Å². The third-order valence-corrected chi connectivity index (χ3v) is 8.30. The highest BCUT2D eigenvalue weighted by atomic mass is 16.7. The predicted molar refractivity (Wildman–Crippen MR) is 154 cm³/mol. The Labute approximate surface area is 235 Å². The molecule has 1 aromatic rings. The molecule has 220 valence electrons. The van der Waals surface area contributed by atoms with Gasteiger partial charge in [0.05, 0.1) is 12.5 Å². The fourth-order valence-electron chi connectivity index (χ4n) is 6.29. The molecular weight excluding hydrogens is 494 g/mol. The molecule has 0 radical (unpaired) electrons. The Morgan fingerprint density at radius 1 is 1.03 bits per heavy atom. The number of benzene rings is 1. The second-order valence-electron chi connectivity index (χ2n) is 12.4. The molecular formula is C31H51N3O5. The zero-order valence-electron chi connectivity index (χ0n) is 25.1. The third kappa shape index (κ3) is 8.58. The Balaban J connectivity index is 1.85. The average Bonchev–Trinajstić information content (AvgIpc) is 3.47. The van der Waals surface area contributed by atoms with Crippen LogP contribution in [0, 0.1) is 11.3 Å². The fraction of sp³-hybridized carbons (Fsp3) is 0.742. The van der Waals surface area contributed by atoms with Crippen LogP contribution in [0.15, 0.2) is 18.2 Å². The number of hydrogen-bond donors (Lipinski definition) is 1. The van der Waals surface area contributed by atoms with Gasteiger partial charge in [0.2, 0.25) is 12.7 Å². The van der Waals surface area contributed by atoms with Crippen molar-refractivity contribution in [2.24, 2.45) is 11.3 Å². The molecule has 0 bridgehead atoms. The van der Waals surface area contributed by atoms with E-state index in [9.17, 15) is 14.7 Å². The topological polar surface area (TPSA) is 82.5 Å². The molecule has 1 aromatic carbocycles. The van der Waals surface area contributed by atoms with Gasteiger partial charge in [0.25, 0.3) is 0 Å². The predicted octanol–water partition coefficient (Wildman–Crippen LogP) is 5.07. The van der Waals surface area contributed by atoms with Gasteiger partial charge in [0, 0.05) is 31.6 Å². The van der Waals surface area contributed by atoms with Crippen molar-refractivity contribution in [1.29, 1.82) is 0 Å². The molecule has 3 atom stereocenters. The lowest BCUT2D eigenvalue weighted by Gasteiger charge is -2.35. The van der Waals surface area contributed by atoms with Gasteiger partial charge in [-0.3, -0.25) is 14.5 Å². The molecule has 0 spiro atoms. The van der Waals surface area contributed by atoms with E-state index < -0.39 is 11.9 Å². The highest BCUT2D eigenvalue weighted by Crippen LogP contribution is 2.45. The Hall–Kier alpha value is -2.32. The van der Waals surface area contributed by atoms with Gasteiger partial charge < -0.3 is 24.4 Å². The number of carbonyl (C=O) groups is 2. The van der Waals surface area contributed by atoms with Crippen molar-refractivity contribution >= 4 is 11.9 Å². The zero-order valence-corrected chi connectivity index (χ0v) is 25.1. The molecule has 8 nitrogen and oxygen atoms in total. The van der Waals surface area contributed by atoms with E-state index in [0.717, 1.165) is 70.1 Å². The molecule has 1 saturated heterocycles. The molecule has 2 aliphatic rings. The maximum atomic E-state index is 13.7. The Bertz CT molecular complexity index is 950. The lowest BCUT2D eigenvalue weighted by atomic mass is 9.76. The molecule has 3 unspecified atom stereocenters. The van der Waals surface area contributed by atoms with Crippen molar-refractivity contribution in [2.45, 2.75) is 84.6 Å². The molecule has 0 aromatic heterocycles. The Morgan fingerprint density at radius 2 is 1.72 bits per heavy atom. The average molecular weight is 546 g/mol. The van der Waals surface area contributed by atoms with E-state index >= 15 is 0 Å². The molecule has 0 aliphatic carbocycles.